The molecule has 5 heteroatoms. The first kappa shape index (κ1) is 12.8. The number of amides is 1. The highest BCUT2D eigenvalue weighted by molar-refractivity contribution is 7.80. The standard InChI is InChI=1S/C12H21N3OS/c1-15-7-2-4-9(15)8-14-11(16)12(10(13)17)5-3-6-12/h9H,2-8H2,1H3,(H2,13,17)(H,14,16). The van der Waals surface area contributed by atoms with Crippen LogP contribution in [0.5, 0.6) is 0 Å². The van der Waals surface area contributed by atoms with E-state index in [4.69, 9.17) is 18.0 Å². The molecule has 0 bridgehead atoms. The van der Waals surface area contributed by atoms with E-state index in [1.54, 1.807) is 0 Å². The van der Waals surface area contributed by atoms with Crippen molar-refractivity contribution < 1.29 is 4.79 Å². The van der Waals surface area contributed by atoms with Crippen molar-refractivity contribution in [2.75, 3.05) is 20.1 Å². The van der Waals surface area contributed by atoms with E-state index in [1.807, 2.05) is 0 Å². The Kier molecular flexibility index (Phi) is 3.68. The van der Waals surface area contributed by atoms with Gasteiger partial charge in [0.1, 0.15) is 0 Å². The second kappa shape index (κ2) is 4.90. The van der Waals surface area contributed by atoms with Gasteiger partial charge in [-0.3, -0.25) is 4.79 Å². The number of hydrogen-bond acceptors (Lipinski definition) is 3. The molecule has 0 aromatic carbocycles. The van der Waals surface area contributed by atoms with Crippen LogP contribution in [0.3, 0.4) is 0 Å². The molecule has 0 radical (unpaired) electrons. The van der Waals surface area contributed by atoms with E-state index >= 15 is 0 Å². The van der Waals surface area contributed by atoms with Crippen LogP contribution >= 0.6 is 12.2 Å². The molecule has 1 saturated carbocycles. The molecular formula is C12H21N3OS. The average molecular weight is 255 g/mol. The minimum Gasteiger partial charge on any atom is -0.392 e. The first-order valence-corrected chi connectivity index (χ1v) is 6.75. The van der Waals surface area contributed by atoms with E-state index in [9.17, 15) is 4.79 Å². The lowest BCUT2D eigenvalue weighted by atomic mass is 9.68. The smallest absolute Gasteiger partial charge is 0.233 e. The molecule has 2 aliphatic rings. The first-order chi connectivity index (χ1) is 8.06. The molecule has 2 fully saturated rings. The van der Waals surface area contributed by atoms with Crippen LogP contribution < -0.4 is 11.1 Å². The monoisotopic (exact) mass is 255 g/mol. The highest BCUT2D eigenvalue weighted by Crippen LogP contribution is 2.41. The van der Waals surface area contributed by atoms with Crippen LogP contribution in [0.1, 0.15) is 32.1 Å². The van der Waals surface area contributed by atoms with Crippen molar-refractivity contribution in [3.05, 3.63) is 0 Å². The van der Waals surface area contributed by atoms with Gasteiger partial charge in [-0.25, -0.2) is 0 Å². The number of likely N-dealkylation sites (tertiary alicyclic amines) is 1. The van der Waals surface area contributed by atoms with Gasteiger partial charge < -0.3 is 16.0 Å². The molecule has 1 atom stereocenters. The summed E-state index contributed by atoms with van der Waals surface area (Å²) in [4.78, 5) is 14.8. The van der Waals surface area contributed by atoms with E-state index < -0.39 is 5.41 Å². The third-order valence-corrected chi connectivity index (χ3v) is 4.67. The van der Waals surface area contributed by atoms with Crippen molar-refractivity contribution in [1.82, 2.24) is 10.2 Å². The van der Waals surface area contributed by atoms with Crippen molar-refractivity contribution in [3.63, 3.8) is 0 Å². The number of carbonyl (C=O) groups is 1. The van der Waals surface area contributed by atoms with E-state index in [1.165, 1.54) is 6.42 Å². The lowest BCUT2D eigenvalue weighted by molar-refractivity contribution is -0.131. The summed E-state index contributed by atoms with van der Waals surface area (Å²) in [5.74, 6) is 0.0385. The van der Waals surface area contributed by atoms with Crippen LogP contribution in [-0.4, -0.2) is 42.0 Å². The largest absolute Gasteiger partial charge is 0.392 e. The summed E-state index contributed by atoms with van der Waals surface area (Å²) in [6.45, 7) is 1.85. The van der Waals surface area contributed by atoms with Gasteiger partial charge in [-0.1, -0.05) is 18.6 Å². The fourth-order valence-corrected chi connectivity index (χ4v) is 3.03. The molecule has 0 aromatic rings. The van der Waals surface area contributed by atoms with Gasteiger partial charge in [0.25, 0.3) is 0 Å². The van der Waals surface area contributed by atoms with Crippen LogP contribution in [0.25, 0.3) is 0 Å². The van der Waals surface area contributed by atoms with Gasteiger partial charge in [-0.2, -0.15) is 0 Å². The summed E-state index contributed by atoms with van der Waals surface area (Å²) in [5.41, 5.74) is 5.17. The molecule has 1 saturated heterocycles. The third-order valence-electron chi connectivity index (χ3n) is 4.28. The van der Waals surface area contributed by atoms with Gasteiger partial charge in [0.15, 0.2) is 0 Å². The van der Waals surface area contributed by atoms with E-state index in [0.29, 0.717) is 11.0 Å². The maximum absolute atomic E-state index is 12.2. The van der Waals surface area contributed by atoms with Crippen molar-refractivity contribution in [2.45, 2.75) is 38.1 Å². The van der Waals surface area contributed by atoms with Gasteiger partial charge >= 0.3 is 0 Å². The number of hydrogen-bond donors (Lipinski definition) is 2. The minimum atomic E-state index is -0.535. The minimum absolute atomic E-state index is 0.0385. The van der Waals surface area contributed by atoms with E-state index in [-0.39, 0.29) is 5.91 Å². The topological polar surface area (TPSA) is 58.4 Å². The Bertz CT molecular complexity index is 328. The average Bonchev–Trinajstić information content (AvgIpc) is 2.58. The van der Waals surface area contributed by atoms with Crippen LogP contribution in [0, 0.1) is 5.41 Å². The van der Waals surface area contributed by atoms with Crippen molar-refractivity contribution in [1.29, 1.82) is 0 Å². The molecule has 3 N–H and O–H groups in total. The summed E-state index contributed by atoms with van der Waals surface area (Å²) >= 11 is 5.04. The van der Waals surface area contributed by atoms with Crippen LogP contribution in [0.4, 0.5) is 0 Å². The number of nitrogens with two attached hydrogens (primary N) is 1. The summed E-state index contributed by atoms with van der Waals surface area (Å²) in [5, 5.41) is 3.03. The fourth-order valence-electron chi connectivity index (χ4n) is 2.73. The van der Waals surface area contributed by atoms with Crippen LogP contribution in [0.2, 0.25) is 0 Å². The Morgan fingerprint density at radius 1 is 1.53 bits per heavy atom. The second-order valence-electron chi connectivity index (χ2n) is 5.29. The molecule has 0 aromatic heterocycles. The molecule has 4 nitrogen and oxygen atoms in total. The second-order valence-corrected chi connectivity index (χ2v) is 5.73. The molecule has 1 aliphatic carbocycles. The summed E-state index contributed by atoms with van der Waals surface area (Å²) in [6.07, 6.45) is 5.06. The first-order valence-electron chi connectivity index (χ1n) is 6.35. The van der Waals surface area contributed by atoms with Crippen LogP contribution in [-0.2, 0) is 4.79 Å². The summed E-state index contributed by atoms with van der Waals surface area (Å²) in [7, 11) is 2.11. The molecule has 17 heavy (non-hydrogen) atoms. The van der Waals surface area contributed by atoms with Crippen molar-refractivity contribution in [2.24, 2.45) is 11.1 Å². The molecule has 2 rings (SSSR count). The molecule has 1 amide bonds. The lowest BCUT2D eigenvalue weighted by Crippen LogP contribution is -2.54. The Hall–Kier alpha value is -0.680. The van der Waals surface area contributed by atoms with Crippen LogP contribution in [0.15, 0.2) is 0 Å². The molecular weight excluding hydrogens is 234 g/mol. The number of likely N-dealkylation sites (N-methyl/N-ethyl adjacent to an activating group) is 1. The quantitative estimate of drug-likeness (QED) is 0.724. The molecule has 1 heterocycles. The number of nitrogens with zero attached hydrogens (tertiary/aromatic N) is 1. The zero-order valence-corrected chi connectivity index (χ0v) is 11.2. The number of nitrogens with one attached hydrogen (secondary N) is 1. The Labute approximate surface area is 108 Å². The Morgan fingerprint density at radius 2 is 2.24 bits per heavy atom. The van der Waals surface area contributed by atoms with Gasteiger partial charge in [0.05, 0.1) is 10.4 Å². The van der Waals surface area contributed by atoms with E-state index in [0.717, 1.165) is 38.8 Å². The maximum Gasteiger partial charge on any atom is 0.233 e. The van der Waals surface area contributed by atoms with Crippen molar-refractivity contribution in [3.8, 4) is 0 Å². The molecule has 0 spiro atoms. The Balaban J connectivity index is 1.86. The highest BCUT2D eigenvalue weighted by Gasteiger charge is 2.46. The number of thiocarbonyl (C=S) groups is 1. The SMILES string of the molecule is CN1CCCC1CNC(=O)C1(C(N)=S)CCC1. The molecule has 1 aliphatic heterocycles. The Morgan fingerprint density at radius 3 is 2.65 bits per heavy atom. The maximum atomic E-state index is 12.2. The summed E-state index contributed by atoms with van der Waals surface area (Å²) in [6, 6.07) is 0.474. The fraction of sp³-hybridized carbons (Fsp3) is 0.833. The number of rotatable bonds is 4. The normalized spacial score (nSPS) is 27.5. The van der Waals surface area contributed by atoms with Crippen molar-refractivity contribution >= 4 is 23.1 Å². The van der Waals surface area contributed by atoms with Gasteiger partial charge in [0, 0.05) is 12.6 Å². The van der Waals surface area contributed by atoms with Gasteiger partial charge in [-0.15, -0.1) is 0 Å². The number of carbonyl (C=O) groups excluding carboxylic acids is 1. The zero-order chi connectivity index (χ0) is 12.5. The predicted octanol–water partition coefficient (Wildman–Crippen LogP) is 0.653. The predicted molar refractivity (Wildman–Crippen MR) is 71.7 cm³/mol. The highest BCUT2D eigenvalue weighted by atomic mass is 32.1. The van der Waals surface area contributed by atoms with Gasteiger partial charge in [0.2, 0.25) is 5.91 Å². The molecule has 1 unspecified atom stereocenters. The molecule has 96 valence electrons. The van der Waals surface area contributed by atoms with Gasteiger partial charge in [-0.05, 0) is 39.3 Å². The zero-order valence-electron chi connectivity index (χ0n) is 10.4. The summed E-state index contributed by atoms with van der Waals surface area (Å²) < 4.78 is 0. The van der Waals surface area contributed by atoms with E-state index in [2.05, 4.69) is 17.3 Å². The lowest BCUT2D eigenvalue weighted by Gasteiger charge is -2.39. The third kappa shape index (κ3) is 2.31.